The molecule has 0 radical (unpaired) electrons. The average Bonchev–Trinajstić information content (AvgIpc) is 2.99. The minimum atomic E-state index is -1.33. The second kappa shape index (κ2) is 11.1. The number of esters is 2. The van der Waals surface area contributed by atoms with E-state index in [1.165, 1.54) is 25.1 Å². The first kappa shape index (κ1) is 31.0. The molecule has 0 bridgehead atoms. The average molecular weight is 620 g/mol. The van der Waals surface area contributed by atoms with Crippen LogP contribution in [0.1, 0.15) is 75.9 Å². The number of hydrogen-bond donors (Lipinski definition) is 1. The van der Waals surface area contributed by atoms with Gasteiger partial charge in [-0.2, -0.15) is 0 Å². The summed E-state index contributed by atoms with van der Waals surface area (Å²) in [5, 5.41) is 12.2. The zero-order valence-corrected chi connectivity index (χ0v) is 26.0. The number of rotatable bonds is 5. The molecule has 1 aliphatic heterocycles. The predicted molar refractivity (Wildman–Crippen MR) is 161 cm³/mol. The number of carbonyl (C=O) groups is 2. The Balaban J connectivity index is 1.50. The normalized spacial score (nSPS) is 33.5. The highest BCUT2D eigenvalue weighted by atomic mass is 19.1. The quantitative estimate of drug-likeness (QED) is 0.348. The lowest BCUT2D eigenvalue weighted by atomic mass is 9.41. The lowest BCUT2D eigenvalue weighted by Crippen LogP contribution is -2.70. The first-order chi connectivity index (χ1) is 21.3. The van der Waals surface area contributed by atoms with Crippen molar-refractivity contribution in [1.29, 1.82) is 0 Å². The third-order valence-electron chi connectivity index (χ3n) is 11.0. The Morgan fingerprint density at radius 2 is 1.93 bits per heavy atom. The fourth-order valence-corrected chi connectivity index (χ4v) is 8.51. The van der Waals surface area contributed by atoms with Gasteiger partial charge in [-0.3, -0.25) is 9.78 Å². The molecule has 2 aliphatic carbocycles. The van der Waals surface area contributed by atoms with Crippen LogP contribution in [0.2, 0.25) is 0 Å². The van der Waals surface area contributed by atoms with Gasteiger partial charge < -0.3 is 23.7 Å². The summed E-state index contributed by atoms with van der Waals surface area (Å²) < 4.78 is 38.3. The van der Waals surface area contributed by atoms with Crippen LogP contribution >= 0.6 is 0 Å². The number of hydrogen-bond acceptors (Lipinski definition) is 9. The SMILES string of the molecule is CC(=O)OCC1(C)C2C[C@H](OC(=O)c3cccc(F)c3)[C@@]3(C)Oc4cc(-c5cccnc5)oc(=O)c4[C@H](O)C3[C@@]2(C)CC[C@@H]1C. The number of fused-ring (bicyclic) bond motifs is 4. The van der Waals surface area contributed by atoms with Crippen molar-refractivity contribution in [2.24, 2.45) is 28.6 Å². The third-order valence-corrected chi connectivity index (χ3v) is 11.0. The van der Waals surface area contributed by atoms with Crippen LogP contribution in [-0.4, -0.2) is 40.3 Å². The Morgan fingerprint density at radius 3 is 2.62 bits per heavy atom. The van der Waals surface area contributed by atoms with Crippen LogP contribution in [0.5, 0.6) is 5.75 Å². The largest absolute Gasteiger partial charge is 0.482 e. The van der Waals surface area contributed by atoms with Crippen molar-refractivity contribution in [1.82, 2.24) is 4.98 Å². The summed E-state index contributed by atoms with van der Waals surface area (Å²) >= 11 is 0. The van der Waals surface area contributed by atoms with Crippen LogP contribution in [0.25, 0.3) is 11.3 Å². The van der Waals surface area contributed by atoms with Crippen molar-refractivity contribution >= 4 is 11.9 Å². The van der Waals surface area contributed by atoms with Gasteiger partial charge in [-0.15, -0.1) is 0 Å². The summed E-state index contributed by atoms with van der Waals surface area (Å²) in [6.07, 6.45) is 2.70. The fraction of sp³-hybridized carbons (Fsp3) is 0.486. The number of aliphatic hydroxyl groups excluding tert-OH is 1. The molecular weight excluding hydrogens is 581 g/mol. The monoisotopic (exact) mass is 619 g/mol. The zero-order valence-electron chi connectivity index (χ0n) is 26.0. The number of benzene rings is 1. The maximum absolute atomic E-state index is 14.1. The summed E-state index contributed by atoms with van der Waals surface area (Å²) in [5.74, 6) is -2.18. The van der Waals surface area contributed by atoms with Crippen molar-refractivity contribution in [3.8, 4) is 17.1 Å². The molecule has 1 aromatic carbocycles. The van der Waals surface area contributed by atoms with Crippen molar-refractivity contribution < 1.29 is 37.7 Å². The maximum atomic E-state index is 14.1. The van der Waals surface area contributed by atoms with Crippen molar-refractivity contribution in [3.63, 3.8) is 0 Å². The summed E-state index contributed by atoms with van der Waals surface area (Å²) in [6.45, 7) is 9.56. The number of carbonyl (C=O) groups excluding carboxylic acids is 2. The molecule has 45 heavy (non-hydrogen) atoms. The molecular formula is C35H38FNO8. The second-order valence-electron chi connectivity index (χ2n) is 13.6. The summed E-state index contributed by atoms with van der Waals surface area (Å²) in [7, 11) is 0. The summed E-state index contributed by atoms with van der Waals surface area (Å²) in [5.41, 5.74) is -2.63. The fourth-order valence-electron chi connectivity index (χ4n) is 8.51. The molecule has 3 unspecified atom stereocenters. The van der Waals surface area contributed by atoms with Gasteiger partial charge in [-0.1, -0.05) is 26.8 Å². The first-order valence-electron chi connectivity index (χ1n) is 15.3. The van der Waals surface area contributed by atoms with Crippen LogP contribution in [0, 0.1) is 34.4 Å². The molecule has 3 aliphatic rings. The Morgan fingerprint density at radius 1 is 1.16 bits per heavy atom. The molecule has 1 N–H and O–H groups in total. The molecule has 6 rings (SSSR count). The molecule has 0 spiro atoms. The van der Waals surface area contributed by atoms with Gasteiger partial charge in [-0.25, -0.2) is 14.0 Å². The number of nitrogens with zero attached hydrogens (tertiary/aromatic N) is 1. The third kappa shape index (κ3) is 5.03. The molecule has 2 fully saturated rings. The van der Waals surface area contributed by atoms with E-state index in [1.54, 1.807) is 37.5 Å². The van der Waals surface area contributed by atoms with Crippen molar-refractivity contribution in [3.05, 3.63) is 82.2 Å². The Hall–Kier alpha value is -4.05. The van der Waals surface area contributed by atoms with E-state index in [9.17, 15) is 23.9 Å². The van der Waals surface area contributed by atoms with Gasteiger partial charge >= 0.3 is 17.6 Å². The minimum absolute atomic E-state index is 0.00232. The van der Waals surface area contributed by atoms with Crippen LogP contribution < -0.4 is 10.4 Å². The van der Waals surface area contributed by atoms with E-state index in [0.29, 0.717) is 18.4 Å². The Kier molecular flexibility index (Phi) is 7.62. The van der Waals surface area contributed by atoms with Crippen LogP contribution in [0.3, 0.4) is 0 Å². The van der Waals surface area contributed by atoms with Crippen molar-refractivity contribution in [2.75, 3.05) is 6.61 Å². The highest BCUT2D eigenvalue weighted by Crippen LogP contribution is 2.68. The maximum Gasteiger partial charge on any atom is 0.345 e. The molecule has 238 valence electrons. The molecule has 2 aromatic heterocycles. The molecule has 3 aromatic rings. The van der Waals surface area contributed by atoms with Gasteiger partial charge in [0, 0.05) is 42.3 Å². The van der Waals surface area contributed by atoms with Gasteiger partial charge in [0.05, 0.1) is 18.3 Å². The second-order valence-corrected chi connectivity index (χ2v) is 13.6. The molecule has 2 saturated carbocycles. The summed E-state index contributed by atoms with van der Waals surface area (Å²) in [4.78, 5) is 43.2. The van der Waals surface area contributed by atoms with E-state index in [0.717, 1.165) is 12.5 Å². The Bertz CT molecular complexity index is 1690. The van der Waals surface area contributed by atoms with Crippen molar-refractivity contribution in [2.45, 2.75) is 71.7 Å². The number of ether oxygens (including phenoxy) is 3. The highest BCUT2D eigenvalue weighted by molar-refractivity contribution is 5.89. The van der Waals surface area contributed by atoms with Gasteiger partial charge in [-0.05, 0) is 73.8 Å². The number of halogens is 1. The number of aliphatic hydroxyl groups is 1. The van der Waals surface area contributed by atoms with Gasteiger partial charge in [0.1, 0.15) is 34.6 Å². The molecule has 3 heterocycles. The lowest BCUT2D eigenvalue weighted by Gasteiger charge is -2.66. The van der Waals surface area contributed by atoms with Gasteiger partial charge in [0.25, 0.3) is 0 Å². The zero-order chi connectivity index (χ0) is 32.3. The molecule has 0 amide bonds. The molecule has 8 atom stereocenters. The van der Waals surface area contributed by atoms with E-state index in [-0.39, 0.29) is 41.1 Å². The molecule has 10 heteroatoms. The van der Waals surface area contributed by atoms with Crippen LogP contribution in [-0.2, 0) is 14.3 Å². The first-order valence-corrected chi connectivity index (χ1v) is 15.3. The number of pyridine rings is 1. The van der Waals surface area contributed by atoms with E-state index >= 15 is 0 Å². The molecule has 9 nitrogen and oxygen atoms in total. The Labute approximate surface area is 260 Å². The van der Waals surface area contributed by atoms with Gasteiger partial charge in [0.15, 0.2) is 0 Å². The van der Waals surface area contributed by atoms with E-state index in [2.05, 4.69) is 25.8 Å². The lowest BCUT2D eigenvalue weighted by molar-refractivity contribution is -0.257. The summed E-state index contributed by atoms with van der Waals surface area (Å²) in [6, 6.07) is 10.3. The topological polar surface area (TPSA) is 125 Å². The molecule has 0 saturated heterocycles. The standard InChI is InChI=1S/C35H38FNO8/c1-19-11-12-33(3)26(34(19,4)18-42-20(2)38)16-27(44-31(40)21-8-6-10-23(36)14-21)35(5)30(33)29(39)28-25(45-35)15-24(43-32(28)41)22-9-7-13-37-17-22/h6-10,13-15,17,19,26-27,29-30,39H,11-12,16,18H2,1-5H3/t19-,26?,27-,29-,30?,33-,34?,35+/m0/s1. The van der Waals surface area contributed by atoms with E-state index in [4.69, 9.17) is 18.6 Å². The number of aromatic nitrogens is 1. The van der Waals surface area contributed by atoms with Crippen LogP contribution in [0.4, 0.5) is 4.39 Å². The van der Waals surface area contributed by atoms with Crippen LogP contribution in [0.15, 0.2) is 64.1 Å². The smallest absolute Gasteiger partial charge is 0.345 e. The van der Waals surface area contributed by atoms with Gasteiger partial charge in [0.2, 0.25) is 0 Å². The van der Waals surface area contributed by atoms with E-state index < -0.39 is 57.9 Å². The van der Waals surface area contributed by atoms with E-state index in [1.807, 2.05) is 0 Å². The highest BCUT2D eigenvalue weighted by Gasteiger charge is 2.70. The minimum Gasteiger partial charge on any atom is -0.482 e. The predicted octanol–water partition coefficient (Wildman–Crippen LogP) is 5.89.